The zero-order valence-electron chi connectivity index (χ0n) is 15.5. The van der Waals surface area contributed by atoms with Crippen LogP contribution in [0.4, 0.5) is 10.1 Å². The number of hydrogen-bond donors (Lipinski definition) is 1. The minimum Gasteiger partial charge on any atom is -0.369 e. The molecule has 1 N–H and O–H groups in total. The molecule has 0 amide bonds. The number of anilines is 1. The lowest BCUT2D eigenvalue weighted by Crippen LogP contribution is -2.42. The Morgan fingerprint density at radius 1 is 1.12 bits per heavy atom. The van der Waals surface area contributed by atoms with Crippen molar-refractivity contribution in [1.29, 1.82) is 0 Å². The molecule has 0 bridgehead atoms. The molecule has 0 aromatic heterocycles. The Kier molecular flexibility index (Phi) is 6.64. The highest BCUT2D eigenvalue weighted by atomic mass is 32.2. The third-order valence-corrected chi connectivity index (χ3v) is 6.53. The predicted molar refractivity (Wildman–Crippen MR) is 104 cm³/mol. The molecule has 0 spiro atoms. The molecule has 140 valence electrons. The Labute approximate surface area is 155 Å². The fourth-order valence-electron chi connectivity index (χ4n) is 4.32. The van der Waals surface area contributed by atoms with Gasteiger partial charge in [-0.1, -0.05) is 13.8 Å². The lowest BCUT2D eigenvalue weighted by molar-refractivity contribution is 0.132. The molecule has 5 heteroatoms. The first kappa shape index (κ1) is 19.0. The topological polar surface area (TPSA) is 26.7 Å². The van der Waals surface area contributed by atoms with Gasteiger partial charge in [-0.15, -0.1) is 0 Å². The molecule has 2 aliphatic rings. The second-order valence-corrected chi connectivity index (χ2v) is 8.67. The van der Waals surface area contributed by atoms with Gasteiger partial charge in [0.05, 0.1) is 5.69 Å². The van der Waals surface area contributed by atoms with E-state index >= 15 is 0 Å². The maximum absolute atomic E-state index is 14.1. The molecular weight excluding hydrogens is 335 g/mol. The van der Waals surface area contributed by atoms with Crippen LogP contribution in [0.15, 0.2) is 23.1 Å². The Morgan fingerprint density at radius 3 is 2.40 bits per heavy atom. The summed E-state index contributed by atoms with van der Waals surface area (Å²) in [4.78, 5) is 5.48. The zero-order valence-corrected chi connectivity index (χ0v) is 16.3. The average Bonchev–Trinajstić information content (AvgIpc) is 2.63. The summed E-state index contributed by atoms with van der Waals surface area (Å²) in [5.74, 6) is 2.25. The van der Waals surface area contributed by atoms with E-state index in [1.165, 1.54) is 38.5 Å². The van der Waals surface area contributed by atoms with Gasteiger partial charge < -0.3 is 14.4 Å². The van der Waals surface area contributed by atoms with Gasteiger partial charge in [0, 0.05) is 36.6 Å². The van der Waals surface area contributed by atoms with E-state index in [0.29, 0.717) is 22.6 Å². The Morgan fingerprint density at radius 2 is 1.80 bits per heavy atom. The molecule has 2 heterocycles. The summed E-state index contributed by atoms with van der Waals surface area (Å²) < 4.78 is 23.3. The third-order valence-electron chi connectivity index (χ3n) is 6.07. The Hall–Kier alpha value is -0.780. The van der Waals surface area contributed by atoms with E-state index in [-0.39, 0.29) is 5.82 Å². The molecule has 2 aliphatic heterocycles. The predicted octanol–water partition coefficient (Wildman–Crippen LogP) is 4.98. The minimum atomic E-state index is -0.188. The van der Waals surface area contributed by atoms with E-state index in [4.69, 9.17) is 0 Å². The molecule has 25 heavy (non-hydrogen) atoms. The van der Waals surface area contributed by atoms with Crippen LogP contribution in [0.5, 0.6) is 0 Å². The number of likely N-dealkylation sites (tertiary alicyclic amines) is 1. The summed E-state index contributed by atoms with van der Waals surface area (Å²) in [6.07, 6.45) is 4.93. The standard InChI is InChI=1S/C20H31FN2OS/c1-15(2)17-7-9-22(10-8-17)14-16-5-11-23(12-6-16)20-13-18(25-24)3-4-19(20)21/h3-4,13,15-17,24H,5-12,14H2,1-2H3. The molecule has 1 aromatic rings. The number of benzene rings is 1. The van der Waals surface area contributed by atoms with Crippen LogP contribution in [-0.4, -0.2) is 42.2 Å². The number of piperidine rings is 2. The fraction of sp³-hybridized carbons (Fsp3) is 0.700. The molecule has 0 radical (unpaired) electrons. The summed E-state index contributed by atoms with van der Waals surface area (Å²) in [6.45, 7) is 10.2. The van der Waals surface area contributed by atoms with E-state index in [9.17, 15) is 8.94 Å². The van der Waals surface area contributed by atoms with Gasteiger partial charge in [0.25, 0.3) is 0 Å². The quantitative estimate of drug-likeness (QED) is 0.744. The van der Waals surface area contributed by atoms with Crippen LogP contribution >= 0.6 is 12.0 Å². The van der Waals surface area contributed by atoms with Crippen LogP contribution in [0.3, 0.4) is 0 Å². The number of rotatable bonds is 5. The van der Waals surface area contributed by atoms with Crippen molar-refractivity contribution in [3.8, 4) is 0 Å². The highest BCUT2D eigenvalue weighted by Gasteiger charge is 2.26. The van der Waals surface area contributed by atoms with Crippen molar-refractivity contribution in [1.82, 2.24) is 4.90 Å². The number of halogens is 1. The molecule has 0 atom stereocenters. The second-order valence-electron chi connectivity index (χ2n) is 8.02. The van der Waals surface area contributed by atoms with E-state index < -0.39 is 0 Å². The fourth-order valence-corrected chi connectivity index (χ4v) is 4.61. The normalized spacial score (nSPS) is 21.2. The summed E-state index contributed by atoms with van der Waals surface area (Å²) >= 11 is 0.682. The SMILES string of the molecule is CC(C)C1CCN(CC2CCN(c3cc(SO)ccc3F)CC2)CC1. The molecular formula is C20H31FN2OS. The summed E-state index contributed by atoms with van der Waals surface area (Å²) in [7, 11) is 0. The van der Waals surface area contributed by atoms with Crippen LogP contribution < -0.4 is 4.90 Å². The van der Waals surface area contributed by atoms with Crippen LogP contribution in [0.25, 0.3) is 0 Å². The van der Waals surface area contributed by atoms with Gasteiger partial charge in [0.2, 0.25) is 0 Å². The molecule has 3 nitrogen and oxygen atoms in total. The van der Waals surface area contributed by atoms with Crippen LogP contribution in [-0.2, 0) is 0 Å². The summed E-state index contributed by atoms with van der Waals surface area (Å²) in [5, 5.41) is 0. The van der Waals surface area contributed by atoms with Crippen molar-refractivity contribution in [3.63, 3.8) is 0 Å². The highest BCUT2D eigenvalue weighted by Crippen LogP contribution is 2.30. The number of hydrogen-bond acceptors (Lipinski definition) is 4. The van der Waals surface area contributed by atoms with Crippen molar-refractivity contribution < 1.29 is 8.94 Å². The van der Waals surface area contributed by atoms with Gasteiger partial charge in [-0.2, -0.15) is 0 Å². The first-order valence-electron chi connectivity index (χ1n) is 9.65. The first-order chi connectivity index (χ1) is 12.1. The van der Waals surface area contributed by atoms with Crippen molar-refractivity contribution in [3.05, 3.63) is 24.0 Å². The van der Waals surface area contributed by atoms with Gasteiger partial charge >= 0.3 is 0 Å². The second kappa shape index (κ2) is 8.74. The average molecular weight is 367 g/mol. The van der Waals surface area contributed by atoms with Gasteiger partial charge in [-0.25, -0.2) is 4.39 Å². The van der Waals surface area contributed by atoms with Gasteiger partial charge in [0.15, 0.2) is 0 Å². The summed E-state index contributed by atoms with van der Waals surface area (Å²) in [5.41, 5.74) is 0.634. The van der Waals surface area contributed by atoms with E-state index in [1.54, 1.807) is 12.1 Å². The zero-order chi connectivity index (χ0) is 17.8. The van der Waals surface area contributed by atoms with Crippen molar-refractivity contribution in [2.75, 3.05) is 37.6 Å². The van der Waals surface area contributed by atoms with Crippen LogP contribution in [0, 0.1) is 23.6 Å². The maximum atomic E-state index is 14.1. The smallest absolute Gasteiger partial charge is 0.146 e. The van der Waals surface area contributed by atoms with Gasteiger partial charge in [-0.05, 0) is 74.7 Å². The van der Waals surface area contributed by atoms with E-state index in [1.807, 2.05) is 0 Å². The summed E-state index contributed by atoms with van der Waals surface area (Å²) in [6, 6.07) is 4.84. The molecule has 3 rings (SSSR count). The van der Waals surface area contributed by atoms with Crippen molar-refractivity contribution in [2.24, 2.45) is 17.8 Å². The van der Waals surface area contributed by atoms with Crippen LogP contribution in [0.2, 0.25) is 0 Å². The molecule has 1 aromatic carbocycles. The Bertz CT molecular complexity index is 553. The monoisotopic (exact) mass is 366 g/mol. The largest absolute Gasteiger partial charge is 0.369 e. The van der Waals surface area contributed by atoms with E-state index in [2.05, 4.69) is 23.6 Å². The highest BCUT2D eigenvalue weighted by molar-refractivity contribution is 7.93. The molecule has 0 aliphatic carbocycles. The Balaban J connectivity index is 1.48. The van der Waals surface area contributed by atoms with Crippen LogP contribution in [0.1, 0.15) is 39.5 Å². The molecule has 2 saturated heterocycles. The molecule has 2 fully saturated rings. The third kappa shape index (κ3) is 4.89. The van der Waals surface area contributed by atoms with Crippen molar-refractivity contribution >= 4 is 17.7 Å². The lowest BCUT2D eigenvalue weighted by Gasteiger charge is -2.39. The first-order valence-corrected chi connectivity index (χ1v) is 10.4. The molecule has 0 unspecified atom stereocenters. The van der Waals surface area contributed by atoms with Crippen molar-refractivity contribution in [2.45, 2.75) is 44.4 Å². The molecule has 0 saturated carbocycles. The minimum absolute atomic E-state index is 0.188. The number of nitrogens with zero attached hydrogens (tertiary/aromatic N) is 2. The van der Waals surface area contributed by atoms with Gasteiger partial charge in [-0.3, -0.25) is 0 Å². The van der Waals surface area contributed by atoms with E-state index in [0.717, 1.165) is 43.7 Å². The van der Waals surface area contributed by atoms with Gasteiger partial charge in [0.1, 0.15) is 5.82 Å². The lowest BCUT2D eigenvalue weighted by atomic mass is 9.86. The maximum Gasteiger partial charge on any atom is 0.146 e.